The van der Waals surface area contributed by atoms with Gasteiger partial charge in [-0.25, -0.2) is 0 Å². The van der Waals surface area contributed by atoms with Crippen molar-refractivity contribution in [2.75, 3.05) is 0 Å². The maximum atomic E-state index is 2.34. The van der Waals surface area contributed by atoms with E-state index in [1.54, 1.807) is 0 Å². The Hall–Kier alpha value is -2.64. The van der Waals surface area contributed by atoms with E-state index in [9.17, 15) is 0 Å². The number of rotatable bonds is 1. The zero-order valence-electron chi connectivity index (χ0n) is 14.1. The van der Waals surface area contributed by atoms with E-state index < -0.39 is 0 Å². The fourth-order valence-corrected chi connectivity index (χ4v) is 4.94. The fourth-order valence-electron chi connectivity index (χ4n) is 3.71. The third kappa shape index (κ3) is 2.27. The van der Waals surface area contributed by atoms with Gasteiger partial charge in [0.1, 0.15) is 0 Å². The highest BCUT2D eigenvalue weighted by Crippen LogP contribution is 2.41. The number of benzene rings is 3. The summed E-state index contributed by atoms with van der Waals surface area (Å²) in [6.45, 7) is 2.28. The minimum absolute atomic E-state index is 0.0663. The molecule has 1 aliphatic rings. The van der Waals surface area contributed by atoms with E-state index in [1.165, 1.54) is 36.9 Å². The molecule has 0 spiro atoms. The highest BCUT2D eigenvalue weighted by atomic mass is 32.1. The molecule has 3 aromatic carbocycles. The highest BCUT2D eigenvalue weighted by molar-refractivity contribution is 7.21. The van der Waals surface area contributed by atoms with Crippen molar-refractivity contribution in [1.82, 2.24) is 0 Å². The SMILES string of the molecule is CC1(c2ccccc2)C=Cc2sc3c(ccc4ccccc43)c2C=C1. The molecule has 4 aromatic rings. The summed E-state index contributed by atoms with van der Waals surface area (Å²) in [6, 6.07) is 23.9. The van der Waals surface area contributed by atoms with Gasteiger partial charge in [0.15, 0.2) is 0 Å². The van der Waals surface area contributed by atoms with E-state index in [4.69, 9.17) is 0 Å². The van der Waals surface area contributed by atoms with E-state index in [0.29, 0.717) is 0 Å². The van der Waals surface area contributed by atoms with E-state index in [-0.39, 0.29) is 5.41 Å². The molecule has 120 valence electrons. The first-order valence-electron chi connectivity index (χ1n) is 8.63. The van der Waals surface area contributed by atoms with Crippen LogP contribution < -0.4 is 0 Å². The average Bonchev–Trinajstić information content (AvgIpc) is 2.94. The average molecular weight is 338 g/mol. The lowest BCUT2D eigenvalue weighted by Gasteiger charge is -2.21. The van der Waals surface area contributed by atoms with Crippen molar-refractivity contribution in [3.63, 3.8) is 0 Å². The van der Waals surface area contributed by atoms with Gasteiger partial charge in [0.25, 0.3) is 0 Å². The summed E-state index contributed by atoms with van der Waals surface area (Å²) in [6.07, 6.45) is 9.30. The Labute approximate surface area is 151 Å². The van der Waals surface area contributed by atoms with Crippen LogP contribution in [0.3, 0.4) is 0 Å². The molecule has 1 aliphatic carbocycles. The summed E-state index contributed by atoms with van der Waals surface area (Å²) in [5, 5.41) is 4.02. The first-order chi connectivity index (χ1) is 12.2. The van der Waals surface area contributed by atoms with Crippen LogP contribution in [0, 0.1) is 0 Å². The molecule has 1 aromatic heterocycles. The lowest BCUT2D eigenvalue weighted by molar-refractivity contribution is 0.767. The molecule has 0 bridgehead atoms. The van der Waals surface area contributed by atoms with Gasteiger partial charge in [-0.1, -0.05) is 85.0 Å². The van der Waals surface area contributed by atoms with Crippen LogP contribution in [0.1, 0.15) is 22.9 Å². The molecular formula is C24H18S. The molecule has 5 rings (SSSR count). The summed E-state index contributed by atoms with van der Waals surface area (Å²) < 4.78 is 1.39. The minimum atomic E-state index is -0.0663. The van der Waals surface area contributed by atoms with Crippen molar-refractivity contribution in [3.05, 3.63) is 94.9 Å². The Morgan fingerprint density at radius 2 is 1.48 bits per heavy atom. The lowest BCUT2D eigenvalue weighted by Crippen LogP contribution is -2.14. The molecule has 0 radical (unpaired) electrons. The van der Waals surface area contributed by atoms with E-state index >= 15 is 0 Å². The number of allylic oxidation sites excluding steroid dienone is 2. The molecule has 0 fully saturated rings. The normalized spacial score (nSPS) is 19.2. The molecule has 25 heavy (non-hydrogen) atoms. The zero-order valence-corrected chi connectivity index (χ0v) is 14.9. The van der Waals surface area contributed by atoms with Gasteiger partial charge in [0, 0.05) is 25.9 Å². The molecule has 0 aliphatic heterocycles. The molecule has 1 unspecified atom stereocenters. The van der Waals surface area contributed by atoms with Gasteiger partial charge in [-0.2, -0.15) is 0 Å². The molecule has 0 N–H and O–H groups in total. The Morgan fingerprint density at radius 3 is 2.36 bits per heavy atom. The van der Waals surface area contributed by atoms with Crippen molar-refractivity contribution >= 4 is 44.3 Å². The number of fused-ring (bicyclic) bond motifs is 5. The summed E-state index contributed by atoms with van der Waals surface area (Å²) in [5.74, 6) is 0. The third-order valence-electron chi connectivity index (χ3n) is 5.22. The van der Waals surface area contributed by atoms with Gasteiger partial charge >= 0.3 is 0 Å². The Kier molecular flexibility index (Phi) is 3.19. The van der Waals surface area contributed by atoms with E-state index in [2.05, 4.69) is 98.0 Å². The van der Waals surface area contributed by atoms with Crippen LogP contribution in [0.2, 0.25) is 0 Å². The van der Waals surface area contributed by atoms with Gasteiger partial charge < -0.3 is 0 Å². The second-order valence-corrected chi connectivity index (χ2v) is 7.91. The van der Waals surface area contributed by atoms with Crippen molar-refractivity contribution in [2.24, 2.45) is 0 Å². The maximum Gasteiger partial charge on any atom is 0.0433 e. The van der Waals surface area contributed by atoms with Crippen molar-refractivity contribution in [2.45, 2.75) is 12.3 Å². The largest absolute Gasteiger partial charge is 0.135 e. The van der Waals surface area contributed by atoms with Crippen molar-refractivity contribution < 1.29 is 0 Å². The van der Waals surface area contributed by atoms with Crippen molar-refractivity contribution in [1.29, 1.82) is 0 Å². The predicted molar refractivity (Wildman–Crippen MR) is 111 cm³/mol. The quantitative estimate of drug-likeness (QED) is 0.349. The van der Waals surface area contributed by atoms with Crippen LogP contribution in [0.15, 0.2) is 78.9 Å². The number of hydrogen-bond acceptors (Lipinski definition) is 1. The molecule has 1 heterocycles. The van der Waals surface area contributed by atoms with Crippen LogP contribution in [-0.4, -0.2) is 0 Å². The van der Waals surface area contributed by atoms with Crippen LogP contribution in [0.5, 0.6) is 0 Å². The Morgan fingerprint density at radius 1 is 0.720 bits per heavy atom. The topological polar surface area (TPSA) is 0 Å². The molecule has 1 atom stereocenters. The molecule has 1 heteroatoms. The highest BCUT2D eigenvalue weighted by Gasteiger charge is 2.23. The van der Waals surface area contributed by atoms with Gasteiger partial charge in [-0.05, 0) is 29.3 Å². The van der Waals surface area contributed by atoms with Crippen molar-refractivity contribution in [3.8, 4) is 0 Å². The predicted octanol–water partition coefficient (Wildman–Crippen LogP) is 7.05. The van der Waals surface area contributed by atoms with Crippen LogP contribution in [0.4, 0.5) is 0 Å². The molecule has 0 nitrogen and oxygen atoms in total. The Balaban J connectivity index is 1.71. The summed E-state index contributed by atoms with van der Waals surface area (Å²) in [5.41, 5.74) is 2.61. The molecule has 0 saturated carbocycles. The smallest absolute Gasteiger partial charge is 0.0433 e. The molecule has 0 amide bonds. The Bertz CT molecular complexity index is 1140. The second-order valence-electron chi connectivity index (χ2n) is 6.86. The van der Waals surface area contributed by atoms with E-state index in [0.717, 1.165) is 0 Å². The van der Waals surface area contributed by atoms with Crippen LogP contribution >= 0.6 is 11.3 Å². The zero-order chi connectivity index (χ0) is 16.9. The van der Waals surface area contributed by atoms with Gasteiger partial charge in [-0.3, -0.25) is 0 Å². The fraction of sp³-hybridized carbons (Fsp3) is 0.0833. The summed E-state index contributed by atoms with van der Waals surface area (Å²) in [4.78, 5) is 1.35. The summed E-state index contributed by atoms with van der Waals surface area (Å²) >= 11 is 1.90. The van der Waals surface area contributed by atoms with Crippen LogP contribution in [0.25, 0.3) is 33.0 Å². The minimum Gasteiger partial charge on any atom is -0.135 e. The second kappa shape index (κ2) is 5.44. The lowest BCUT2D eigenvalue weighted by atomic mass is 9.82. The standard InChI is InChI=1S/C24H18S/c1-24(18-8-3-2-4-9-18)15-13-20-21-12-11-17-7-5-6-10-19(17)23(21)25-22(20)14-16-24/h2-16H,1H3. The van der Waals surface area contributed by atoms with Gasteiger partial charge in [0.05, 0.1) is 0 Å². The third-order valence-corrected chi connectivity index (χ3v) is 6.44. The van der Waals surface area contributed by atoms with Crippen LogP contribution in [-0.2, 0) is 5.41 Å². The molecular weight excluding hydrogens is 320 g/mol. The number of thiophene rings is 1. The molecule has 0 saturated heterocycles. The first kappa shape index (κ1) is 14.7. The van der Waals surface area contributed by atoms with Gasteiger partial charge in [-0.15, -0.1) is 11.3 Å². The van der Waals surface area contributed by atoms with Gasteiger partial charge in [0.2, 0.25) is 0 Å². The van der Waals surface area contributed by atoms with E-state index in [1.807, 2.05) is 11.3 Å². The maximum absolute atomic E-state index is 2.34. The first-order valence-corrected chi connectivity index (χ1v) is 9.44. The number of hydrogen-bond donors (Lipinski definition) is 0. The monoisotopic (exact) mass is 338 g/mol. The summed E-state index contributed by atoms with van der Waals surface area (Å²) in [7, 11) is 0.